The summed E-state index contributed by atoms with van der Waals surface area (Å²) in [5, 5.41) is 32.1. The molecule has 0 bridgehead atoms. The zero-order chi connectivity index (χ0) is 18.7. The van der Waals surface area contributed by atoms with Gasteiger partial charge in [-0.15, -0.1) is 0 Å². The van der Waals surface area contributed by atoms with Crippen molar-refractivity contribution < 1.29 is 15.3 Å². The molecule has 0 saturated carbocycles. The van der Waals surface area contributed by atoms with E-state index >= 15 is 0 Å². The van der Waals surface area contributed by atoms with Crippen LogP contribution in [-0.4, -0.2) is 15.3 Å². The molecule has 0 aliphatic carbocycles. The first-order valence-electron chi connectivity index (χ1n) is 9.12. The molecule has 0 heterocycles. The van der Waals surface area contributed by atoms with Gasteiger partial charge in [-0.05, 0) is 71.7 Å². The second-order valence-corrected chi connectivity index (χ2v) is 7.27. The zero-order valence-electron chi connectivity index (χ0n) is 15.3. The third-order valence-electron chi connectivity index (χ3n) is 5.04. The summed E-state index contributed by atoms with van der Waals surface area (Å²) in [4.78, 5) is 0. The molecule has 3 nitrogen and oxygen atoms in total. The largest absolute Gasteiger partial charge is 0.508 e. The molecule has 3 rings (SSSR count). The van der Waals surface area contributed by atoms with E-state index in [1.165, 1.54) is 40.1 Å². The molecule has 3 aromatic rings. The van der Waals surface area contributed by atoms with Crippen molar-refractivity contribution in [2.45, 2.75) is 39.2 Å². The summed E-state index contributed by atoms with van der Waals surface area (Å²) >= 11 is 0. The molecule has 0 aliphatic rings. The molecule has 0 fully saturated rings. The molecule has 136 valence electrons. The summed E-state index contributed by atoms with van der Waals surface area (Å²) in [6, 6.07) is 17.1. The lowest BCUT2D eigenvalue weighted by Gasteiger charge is -2.17. The van der Waals surface area contributed by atoms with Crippen LogP contribution in [0.25, 0.3) is 10.8 Å². The lowest BCUT2D eigenvalue weighted by atomic mass is 9.90. The molecule has 0 saturated heterocycles. The normalized spacial score (nSPS) is 13.7. The molecule has 0 aromatic heterocycles. The average Bonchev–Trinajstić information content (AvgIpc) is 2.61. The zero-order valence-corrected chi connectivity index (χ0v) is 15.3. The second-order valence-electron chi connectivity index (χ2n) is 7.27. The van der Waals surface area contributed by atoms with Gasteiger partial charge in [0.1, 0.15) is 11.5 Å². The van der Waals surface area contributed by atoms with Crippen LogP contribution >= 0.6 is 0 Å². The highest BCUT2D eigenvalue weighted by Crippen LogP contribution is 2.30. The van der Waals surface area contributed by atoms with Crippen LogP contribution < -0.4 is 0 Å². The van der Waals surface area contributed by atoms with Gasteiger partial charge in [0.25, 0.3) is 0 Å². The molecule has 3 aromatic carbocycles. The van der Waals surface area contributed by atoms with Crippen LogP contribution in [0.1, 0.15) is 42.6 Å². The molecule has 2 unspecified atom stereocenters. The Labute approximate surface area is 154 Å². The number of aliphatic hydroxyl groups is 1. The number of benzene rings is 3. The number of rotatable bonds is 6. The van der Waals surface area contributed by atoms with Gasteiger partial charge in [0.15, 0.2) is 0 Å². The Kier molecular flexibility index (Phi) is 5.48. The Bertz CT molecular complexity index is 881. The lowest BCUT2D eigenvalue weighted by Crippen LogP contribution is -2.05. The van der Waals surface area contributed by atoms with Gasteiger partial charge in [0, 0.05) is 6.07 Å². The molecule has 0 radical (unpaired) electrons. The number of aryl methyl sites for hydroxylation is 1. The Balaban J connectivity index is 1.66. The van der Waals surface area contributed by atoms with Crippen molar-refractivity contribution in [3.8, 4) is 11.5 Å². The maximum atomic E-state index is 10.4. The van der Waals surface area contributed by atoms with Gasteiger partial charge in [-0.1, -0.05) is 43.3 Å². The SMILES string of the molecule is Cc1ccc(CC(C)CCC(O)c2cc(O)cc(O)c2)c2ccccc12. The Morgan fingerprint density at radius 3 is 2.19 bits per heavy atom. The van der Waals surface area contributed by atoms with Crippen LogP contribution in [0.2, 0.25) is 0 Å². The molecule has 26 heavy (non-hydrogen) atoms. The fourth-order valence-electron chi connectivity index (χ4n) is 3.59. The van der Waals surface area contributed by atoms with E-state index in [-0.39, 0.29) is 11.5 Å². The minimum atomic E-state index is -0.690. The van der Waals surface area contributed by atoms with E-state index in [4.69, 9.17) is 0 Å². The maximum Gasteiger partial charge on any atom is 0.119 e. The van der Waals surface area contributed by atoms with E-state index in [2.05, 4.69) is 50.2 Å². The maximum absolute atomic E-state index is 10.4. The smallest absolute Gasteiger partial charge is 0.119 e. The number of hydrogen-bond acceptors (Lipinski definition) is 3. The molecule has 0 spiro atoms. The van der Waals surface area contributed by atoms with Gasteiger partial charge in [-0.3, -0.25) is 0 Å². The van der Waals surface area contributed by atoms with Crippen molar-refractivity contribution >= 4 is 10.8 Å². The Hall–Kier alpha value is -2.52. The molecule has 0 amide bonds. The summed E-state index contributed by atoms with van der Waals surface area (Å²) in [6.45, 7) is 4.33. The van der Waals surface area contributed by atoms with Crippen molar-refractivity contribution in [2.75, 3.05) is 0 Å². The third kappa shape index (κ3) is 4.17. The van der Waals surface area contributed by atoms with E-state index in [9.17, 15) is 15.3 Å². The number of phenolic OH excluding ortho intramolecular Hbond substituents is 2. The van der Waals surface area contributed by atoms with E-state index in [0.717, 1.165) is 12.8 Å². The quantitative estimate of drug-likeness (QED) is 0.569. The highest BCUT2D eigenvalue weighted by atomic mass is 16.3. The predicted octanol–water partition coefficient (Wildman–Crippen LogP) is 5.25. The third-order valence-corrected chi connectivity index (χ3v) is 5.04. The van der Waals surface area contributed by atoms with Crippen LogP contribution in [-0.2, 0) is 6.42 Å². The highest BCUT2D eigenvalue weighted by Gasteiger charge is 2.14. The van der Waals surface area contributed by atoms with Crippen molar-refractivity contribution in [1.29, 1.82) is 0 Å². The first-order valence-corrected chi connectivity index (χ1v) is 9.12. The number of aromatic hydroxyl groups is 2. The molecule has 0 aliphatic heterocycles. The fraction of sp³-hybridized carbons (Fsp3) is 0.304. The highest BCUT2D eigenvalue weighted by molar-refractivity contribution is 5.88. The van der Waals surface area contributed by atoms with Gasteiger partial charge < -0.3 is 15.3 Å². The van der Waals surface area contributed by atoms with Gasteiger partial charge in [0.05, 0.1) is 6.10 Å². The van der Waals surface area contributed by atoms with Crippen molar-refractivity contribution in [1.82, 2.24) is 0 Å². The van der Waals surface area contributed by atoms with Gasteiger partial charge in [-0.25, -0.2) is 0 Å². The van der Waals surface area contributed by atoms with E-state index in [0.29, 0.717) is 17.9 Å². The van der Waals surface area contributed by atoms with Crippen LogP contribution in [0.4, 0.5) is 0 Å². The Morgan fingerprint density at radius 1 is 0.846 bits per heavy atom. The molecular weight excluding hydrogens is 324 g/mol. The number of aliphatic hydroxyl groups excluding tert-OH is 1. The van der Waals surface area contributed by atoms with E-state index in [1.54, 1.807) is 0 Å². The molecule has 3 N–H and O–H groups in total. The van der Waals surface area contributed by atoms with Crippen LogP contribution in [0.15, 0.2) is 54.6 Å². The summed E-state index contributed by atoms with van der Waals surface area (Å²) in [6.07, 6.45) is 1.72. The minimum absolute atomic E-state index is 0.0294. The van der Waals surface area contributed by atoms with Gasteiger partial charge in [-0.2, -0.15) is 0 Å². The van der Waals surface area contributed by atoms with Crippen molar-refractivity contribution in [3.63, 3.8) is 0 Å². The average molecular weight is 350 g/mol. The molecule has 3 heteroatoms. The monoisotopic (exact) mass is 350 g/mol. The Morgan fingerprint density at radius 2 is 1.50 bits per heavy atom. The summed E-state index contributed by atoms with van der Waals surface area (Å²) in [7, 11) is 0. The number of hydrogen-bond donors (Lipinski definition) is 3. The van der Waals surface area contributed by atoms with Gasteiger partial charge in [0.2, 0.25) is 0 Å². The minimum Gasteiger partial charge on any atom is -0.508 e. The molecular formula is C23H26O3. The van der Waals surface area contributed by atoms with E-state index in [1.807, 2.05) is 0 Å². The summed E-state index contributed by atoms with van der Waals surface area (Å²) < 4.78 is 0. The number of phenols is 2. The first kappa shape index (κ1) is 18.3. The lowest BCUT2D eigenvalue weighted by molar-refractivity contribution is 0.157. The predicted molar refractivity (Wildman–Crippen MR) is 106 cm³/mol. The topological polar surface area (TPSA) is 60.7 Å². The fourth-order valence-corrected chi connectivity index (χ4v) is 3.59. The van der Waals surface area contributed by atoms with Gasteiger partial charge >= 0.3 is 0 Å². The van der Waals surface area contributed by atoms with E-state index < -0.39 is 6.10 Å². The van der Waals surface area contributed by atoms with Crippen LogP contribution in [0.3, 0.4) is 0 Å². The summed E-state index contributed by atoms with van der Waals surface area (Å²) in [5.41, 5.74) is 3.18. The number of fused-ring (bicyclic) bond motifs is 1. The second kappa shape index (κ2) is 7.79. The van der Waals surface area contributed by atoms with Crippen molar-refractivity contribution in [3.05, 3.63) is 71.3 Å². The molecule has 2 atom stereocenters. The van der Waals surface area contributed by atoms with Crippen LogP contribution in [0, 0.1) is 12.8 Å². The standard InChI is InChI=1S/C23H26O3/c1-15(7-10-23(26)18-12-19(24)14-20(25)13-18)11-17-9-8-16(2)21-5-3-4-6-22(17)21/h3-6,8-9,12-15,23-26H,7,10-11H2,1-2H3. The first-order chi connectivity index (χ1) is 12.4. The van der Waals surface area contributed by atoms with Crippen molar-refractivity contribution in [2.24, 2.45) is 5.92 Å². The van der Waals surface area contributed by atoms with Crippen LogP contribution in [0.5, 0.6) is 11.5 Å². The summed E-state index contributed by atoms with van der Waals surface area (Å²) in [5.74, 6) is 0.359.